The van der Waals surface area contributed by atoms with Gasteiger partial charge in [-0.1, -0.05) is 45.4 Å². The molecule has 6 atom stereocenters. The summed E-state index contributed by atoms with van der Waals surface area (Å²) in [4.78, 5) is 0. The van der Waals surface area contributed by atoms with E-state index in [2.05, 4.69) is 40.3 Å². The van der Waals surface area contributed by atoms with Crippen molar-refractivity contribution < 1.29 is 10.2 Å². The molecule has 0 spiro atoms. The Morgan fingerprint density at radius 2 is 1.86 bits per heavy atom. The van der Waals surface area contributed by atoms with Gasteiger partial charge in [-0.2, -0.15) is 0 Å². The summed E-state index contributed by atoms with van der Waals surface area (Å²) in [6.07, 6.45) is 8.48. The summed E-state index contributed by atoms with van der Waals surface area (Å²) in [5.74, 6) is 0.586. The molecule has 2 N–H and O–H groups in total. The zero-order valence-corrected chi connectivity index (χ0v) is 14.6. The molecule has 0 aromatic rings. The van der Waals surface area contributed by atoms with Crippen LogP contribution in [0.25, 0.3) is 0 Å². The van der Waals surface area contributed by atoms with E-state index in [1.54, 1.807) is 0 Å². The SMILES string of the molecule is C=C[C@]1(C)C=C2CC[C@H]3C(C)(C)CC[C@H](O)[C@]3(C)[C@H]2[C@H](O)C1. The van der Waals surface area contributed by atoms with E-state index >= 15 is 0 Å². The maximum atomic E-state index is 11.0. The van der Waals surface area contributed by atoms with E-state index in [1.807, 2.05) is 6.08 Å². The molecule has 0 heterocycles. The molecule has 124 valence electrons. The lowest BCUT2D eigenvalue weighted by Crippen LogP contribution is -2.60. The summed E-state index contributed by atoms with van der Waals surface area (Å²) >= 11 is 0. The first-order chi connectivity index (χ1) is 10.1. The van der Waals surface area contributed by atoms with E-state index in [1.165, 1.54) is 5.57 Å². The molecule has 0 saturated heterocycles. The van der Waals surface area contributed by atoms with Gasteiger partial charge in [0, 0.05) is 16.7 Å². The van der Waals surface area contributed by atoms with Crippen LogP contribution in [-0.4, -0.2) is 22.4 Å². The van der Waals surface area contributed by atoms with Crippen molar-refractivity contribution in [2.45, 2.75) is 72.0 Å². The zero-order valence-electron chi connectivity index (χ0n) is 14.6. The van der Waals surface area contributed by atoms with E-state index in [9.17, 15) is 10.2 Å². The van der Waals surface area contributed by atoms with Crippen LogP contribution in [0.3, 0.4) is 0 Å². The average Bonchev–Trinajstić information content (AvgIpc) is 2.42. The van der Waals surface area contributed by atoms with Crippen molar-refractivity contribution in [1.82, 2.24) is 0 Å². The van der Waals surface area contributed by atoms with Gasteiger partial charge in [0.15, 0.2) is 0 Å². The number of rotatable bonds is 1. The highest BCUT2D eigenvalue weighted by molar-refractivity contribution is 5.29. The second-order valence-electron chi connectivity index (χ2n) is 9.18. The normalized spacial score (nSPS) is 50.5. The fourth-order valence-electron chi connectivity index (χ4n) is 6.08. The fraction of sp³-hybridized carbons (Fsp3) is 0.800. The monoisotopic (exact) mass is 304 g/mol. The largest absolute Gasteiger partial charge is 0.393 e. The van der Waals surface area contributed by atoms with E-state index in [-0.39, 0.29) is 34.4 Å². The van der Waals surface area contributed by atoms with Crippen molar-refractivity contribution in [3.63, 3.8) is 0 Å². The molecule has 2 saturated carbocycles. The van der Waals surface area contributed by atoms with Crippen LogP contribution < -0.4 is 0 Å². The minimum absolute atomic E-state index is 0.105. The molecule has 3 aliphatic carbocycles. The van der Waals surface area contributed by atoms with E-state index in [0.29, 0.717) is 5.92 Å². The quantitative estimate of drug-likeness (QED) is 0.717. The topological polar surface area (TPSA) is 40.5 Å². The fourth-order valence-corrected chi connectivity index (χ4v) is 6.08. The number of hydrogen-bond acceptors (Lipinski definition) is 2. The first-order valence-corrected chi connectivity index (χ1v) is 8.85. The first-order valence-electron chi connectivity index (χ1n) is 8.85. The van der Waals surface area contributed by atoms with Crippen LogP contribution in [0.4, 0.5) is 0 Å². The summed E-state index contributed by atoms with van der Waals surface area (Å²) in [7, 11) is 0. The lowest BCUT2D eigenvalue weighted by Gasteiger charge is -2.62. The van der Waals surface area contributed by atoms with E-state index < -0.39 is 0 Å². The molecule has 0 aromatic carbocycles. The minimum atomic E-state index is -0.376. The molecule has 0 bridgehead atoms. The number of allylic oxidation sites excluding steroid dienone is 2. The molecule has 0 radical (unpaired) electrons. The number of fused-ring (bicyclic) bond motifs is 3. The molecule has 2 heteroatoms. The average molecular weight is 304 g/mol. The lowest BCUT2D eigenvalue weighted by molar-refractivity contribution is -0.163. The van der Waals surface area contributed by atoms with Crippen LogP contribution in [0.5, 0.6) is 0 Å². The Morgan fingerprint density at radius 3 is 2.50 bits per heavy atom. The predicted octanol–water partition coefficient (Wildman–Crippen LogP) is 4.08. The Hall–Kier alpha value is -0.600. The van der Waals surface area contributed by atoms with Gasteiger partial charge in [-0.25, -0.2) is 0 Å². The van der Waals surface area contributed by atoms with Crippen LogP contribution in [0.2, 0.25) is 0 Å². The lowest BCUT2D eigenvalue weighted by atomic mass is 9.44. The van der Waals surface area contributed by atoms with Crippen molar-refractivity contribution in [1.29, 1.82) is 0 Å². The van der Waals surface area contributed by atoms with Crippen LogP contribution in [0, 0.1) is 28.1 Å². The molecule has 3 aliphatic rings. The molecule has 22 heavy (non-hydrogen) atoms. The van der Waals surface area contributed by atoms with Gasteiger partial charge in [-0.05, 0) is 43.4 Å². The molecular formula is C20H32O2. The van der Waals surface area contributed by atoms with Crippen LogP contribution in [0.1, 0.15) is 59.8 Å². The molecule has 0 amide bonds. The van der Waals surface area contributed by atoms with Crippen molar-refractivity contribution in [2.75, 3.05) is 0 Å². The summed E-state index contributed by atoms with van der Waals surface area (Å²) < 4.78 is 0. The van der Waals surface area contributed by atoms with Gasteiger partial charge in [-0.15, -0.1) is 6.58 Å². The second kappa shape index (κ2) is 4.95. The van der Waals surface area contributed by atoms with Gasteiger partial charge >= 0.3 is 0 Å². The van der Waals surface area contributed by atoms with E-state index in [4.69, 9.17) is 0 Å². The predicted molar refractivity (Wildman–Crippen MR) is 90.4 cm³/mol. The molecule has 0 unspecified atom stereocenters. The first kappa shape index (κ1) is 16.3. The zero-order chi connectivity index (χ0) is 16.3. The molecule has 0 aromatic heterocycles. The number of aliphatic hydroxyl groups excluding tert-OH is 2. The molecule has 0 aliphatic heterocycles. The van der Waals surface area contributed by atoms with Crippen LogP contribution >= 0.6 is 0 Å². The van der Waals surface area contributed by atoms with E-state index in [0.717, 1.165) is 32.1 Å². The van der Waals surface area contributed by atoms with Gasteiger partial charge < -0.3 is 10.2 Å². The minimum Gasteiger partial charge on any atom is -0.393 e. The third kappa shape index (κ3) is 2.14. The van der Waals surface area contributed by atoms with Crippen molar-refractivity contribution >= 4 is 0 Å². The standard InChI is InChI=1S/C20H32O2/c1-6-19(4)11-13-7-8-15-18(2,3)10-9-16(22)20(15,5)17(13)14(21)12-19/h6,11,14-17,21-22H,1,7-10,12H2,2-5H3/t14-,15+,16+,17-,19-,20-/m1/s1. The Morgan fingerprint density at radius 1 is 1.18 bits per heavy atom. The molecule has 3 rings (SSSR count). The Labute approximate surface area is 135 Å². The smallest absolute Gasteiger partial charge is 0.0623 e. The third-order valence-corrected chi connectivity index (χ3v) is 7.28. The second-order valence-corrected chi connectivity index (χ2v) is 9.18. The maximum Gasteiger partial charge on any atom is 0.0623 e. The van der Waals surface area contributed by atoms with Crippen LogP contribution in [-0.2, 0) is 0 Å². The molecular weight excluding hydrogens is 272 g/mol. The summed E-state index contributed by atoms with van der Waals surface area (Å²) in [5, 5.41) is 21.8. The summed E-state index contributed by atoms with van der Waals surface area (Å²) in [6, 6.07) is 0. The van der Waals surface area contributed by atoms with Gasteiger partial charge in [0.25, 0.3) is 0 Å². The van der Waals surface area contributed by atoms with Crippen molar-refractivity contribution in [3.05, 3.63) is 24.3 Å². The van der Waals surface area contributed by atoms with Crippen molar-refractivity contribution in [2.24, 2.45) is 28.1 Å². The summed E-state index contributed by atoms with van der Waals surface area (Å²) in [5.41, 5.74) is 1.30. The van der Waals surface area contributed by atoms with Gasteiger partial charge in [0.05, 0.1) is 12.2 Å². The highest BCUT2D eigenvalue weighted by Gasteiger charge is 2.60. The Balaban J connectivity index is 2.07. The molecule has 2 fully saturated rings. The van der Waals surface area contributed by atoms with Gasteiger partial charge in [0.1, 0.15) is 0 Å². The molecule has 2 nitrogen and oxygen atoms in total. The van der Waals surface area contributed by atoms with Crippen LogP contribution in [0.15, 0.2) is 24.3 Å². The maximum absolute atomic E-state index is 11.0. The Bertz CT molecular complexity index is 506. The number of hydrogen-bond donors (Lipinski definition) is 2. The van der Waals surface area contributed by atoms with Crippen molar-refractivity contribution in [3.8, 4) is 0 Å². The van der Waals surface area contributed by atoms with Gasteiger partial charge in [0.2, 0.25) is 0 Å². The third-order valence-electron chi connectivity index (χ3n) is 7.28. The van der Waals surface area contributed by atoms with Gasteiger partial charge in [-0.3, -0.25) is 0 Å². The summed E-state index contributed by atoms with van der Waals surface area (Å²) in [6.45, 7) is 13.0. The highest BCUT2D eigenvalue weighted by Crippen LogP contribution is 2.63. The number of aliphatic hydroxyl groups is 2. The highest BCUT2D eigenvalue weighted by atomic mass is 16.3. The Kier molecular flexibility index (Phi) is 3.66.